The maximum Gasteiger partial charge on any atom is 0.119 e. The molecule has 4 heteroatoms. The molecule has 0 aliphatic heterocycles. The van der Waals surface area contributed by atoms with Crippen molar-refractivity contribution >= 4 is 0 Å². The Morgan fingerprint density at radius 1 is 1.12 bits per heavy atom. The van der Waals surface area contributed by atoms with Gasteiger partial charge in [0.15, 0.2) is 0 Å². The molecule has 0 spiro atoms. The van der Waals surface area contributed by atoms with Crippen LogP contribution >= 0.6 is 0 Å². The van der Waals surface area contributed by atoms with Crippen molar-refractivity contribution in [3.8, 4) is 5.75 Å². The van der Waals surface area contributed by atoms with Gasteiger partial charge in [-0.05, 0) is 24.6 Å². The zero-order valence-electron chi connectivity index (χ0n) is 9.59. The first-order valence-corrected chi connectivity index (χ1v) is 5.21. The fourth-order valence-corrected chi connectivity index (χ4v) is 1.28. The molecule has 2 atom stereocenters. The Morgan fingerprint density at radius 2 is 1.75 bits per heavy atom. The lowest BCUT2D eigenvalue weighted by atomic mass is 10.1. The molecule has 0 heterocycles. The van der Waals surface area contributed by atoms with Crippen molar-refractivity contribution in [3.63, 3.8) is 0 Å². The van der Waals surface area contributed by atoms with Crippen molar-refractivity contribution in [2.45, 2.75) is 19.1 Å². The third-order valence-corrected chi connectivity index (χ3v) is 2.16. The summed E-state index contributed by atoms with van der Waals surface area (Å²) in [6, 6.07) is 7.12. The van der Waals surface area contributed by atoms with E-state index in [0.717, 1.165) is 5.56 Å². The van der Waals surface area contributed by atoms with Gasteiger partial charge in [0.25, 0.3) is 0 Å². The van der Waals surface area contributed by atoms with Crippen molar-refractivity contribution in [2.24, 2.45) is 0 Å². The van der Waals surface area contributed by atoms with Gasteiger partial charge < -0.3 is 19.7 Å². The molecule has 1 unspecified atom stereocenters. The summed E-state index contributed by atoms with van der Waals surface area (Å²) in [6.45, 7) is 2.16. The Labute approximate surface area is 95.4 Å². The average molecular weight is 226 g/mol. The maximum absolute atomic E-state index is 9.36. The highest BCUT2D eigenvalue weighted by atomic mass is 16.5. The van der Waals surface area contributed by atoms with Gasteiger partial charge in [0.2, 0.25) is 0 Å². The molecule has 0 aliphatic rings. The van der Waals surface area contributed by atoms with E-state index in [4.69, 9.17) is 9.47 Å². The third-order valence-electron chi connectivity index (χ3n) is 2.16. The highest BCUT2D eigenvalue weighted by Crippen LogP contribution is 2.17. The summed E-state index contributed by atoms with van der Waals surface area (Å²) in [6.07, 6.45) is -1.10. The zero-order valence-corrected chi connectivity index (χ0v) is 9.59. The van der Waals surface area contributed by atoms with E-state index in [1.807, 2.05) is 0 Å². The van der Waals surface area contributed by atoms with Crippen molar-refractivity contribution in [1.29, 1.82) is 0 Å². The first-order valence-electron chi connectivity index (χ1n) is 5.21. The quantitative estimate of drug-likeness (QED) is 0.763. The highest BCUT2D eigenvalue weighted by Gasteiger charge is 2.05. The smallest absolute Gasteiger partial charge is 0.119 e. The molecule has 0 saturated carbocycles. The summed E-state index contributed by atoms with van der Waals surface area (Å²) in [7, 11) is 1.53. The molecule has 90 valence electrons. The summed E-state index contributed by atoms with van der Waals surface area (Å²) in [5.41, 5.74) is 0.838. The first kappa shape index (κ1) is 13.0. The minimum Gasteiger partial charge on any atom is -0.491 e. The first-order chi connectivity index (χ1) is 7.63. The second-order valence-electron chi connectivity index (χ2n) is 3.67. The van der Waals surface area contributed by atoms with Crippen LogP contribution in [0, 0.1) is 0 Å². The predicted molar refractivity (Wildman–Crippen MR) is 60.5 cm³/mol. The number of benzene rings is 1. The van der Waals surface area contributed by atoms with Gasteiger partial charge in [-0.1, -0.05) is 12.1 Å². The van der Waals surface area contributed by atoms with Gasteiger partial charge in [0.1, 0.15) is 18.5 Å². The molecule has 1 aromatic rings. The number of rotatable bonds is 6. The van der Waals surface area contributed by atoms with Crippen molar-refractivity contribution in [3.05, 3.63) is 29.8 Å². The minimum atomic E-state index is -0.624. The molecule has 1 rings (SSSR count). The topological polar surface area (TPSA) is 58.9 Å². The fraction of sp³-hybridized carbons (Fsp3) is 0.500. The van der Waals surface area contributed by atoms with Crippen molar-refractivity contribution < 1.29 is 19.7 Å². The van der Waals surface area contributed by atoms with Crippen LogP contribution in [-0.4, -0.2) is 36.6 Å². The van der Waals surface area contributed by atoms with E-state index in [2.05, 4.69) is 0 Å². The highest BCUT2D eigenvalue weighted by molar-refractivity contribution is 5.28. The summed E-state index contributed by atoms with van der Waals surface area (Å²) in [4.78, 5) is 0. The Hall–Kier alpha value is -1.10. The van der Waals surface area contributed by atoms with E-state index in [1.54, 1.807) is 31.2 Å². The Kier molecular flexibility index (Phi) is 5.25. The summed E-state index contributed by atoms with van der Waals surface area (Å²) in [5.74, 6) is 0.666. The average Bonchev–Trinajstić information content (AvgIpc) is 2.27. The summed E-state index contributed by atoms with van der Waals surface area (Å²) < 4.78 is 10.1. The molecule has 0 radical (unpaired) electrons. The van der Waals surface area contributed by atoms with E-state index in [9.17, 15) is 10.2 Å². The fourth-order valence-electron chi connectivity index (χ4n) is 1.28. The standard InChI is InChI=1S/C12H18O4/c1-9(13)10-3-5-12(6-4-10)16-8-11(14)7-15-2/h3-6,9,11,13-14H,7-8H2,1-2H3/t9-,11?/m0/s1. The van der Waals surface area contributed by atoms with Crippen LogP contribution < -0.4 is 4.74 Å². The molecule has 0 saturated heterocycles. The van der Waals surface area contributed by atoms with Gasteiger partial charge >= 0.3 is 0 Å². The van der Waals surface area contributed by atoms with Crippen LogP contribution in [-0.2, 0) is 4.74 Å². The van der Waals surface area contributed by atoms with E-state index >= 15 is 0 Å². The normalized spacial score (nSPS) is 14.5. The van der Waals surface area contributed by atoms with Crippen LogP contribution in [0.4, 0.5) is 0 Å². The minimum absolute atomic E-state index is 0.196. The Bertz CT molecular complexity index is 294. The molecule has 16 heavy (non-hydrogen) atoms. The molecule has 2 N–H and O–H groups in total. The van der Waals surface area contributed by atoms with Crippen LogP contribution in [0.1, 0.15) is 18.6 Å². The van der Waals surface area contributed by atoms with E-state index < -0.39 is 12.2 Å². The number of aliphatic hydroxyl groups is 2. The molecular formula is C12H18O4. The molecule has 0 aliphatic carbocycles. The Balaban J connectivity index is 2.43. The SMILES string of the molecule is COCC(O)COc1ccc([C@H](C)O)cc1. The van der Waals surface area contributed by atoms with Gasteiger partial charge in [0, 0.05) is 7.11 Å². The lowest BCUT2D eigenvalue weighted by molar-refractivity contribution is 0.0325. The molecule has 0 aromatic heterocycles. The number of hydrogen-bond donors (Lipinski definition) is 2. The van der Waals surface area contributed by atoms with Gasteiger partial charge in [-0.2, -0.15) is 0 Å². The summed E-state index contributed by atoms with van der Waals surface area (Å²) in [5, 5.41) is 18.7. The molecular weight excluding hydrogens is 208 g/mol. The van der Waals surface area contributed by atoms with Crippen LogP contribution in [0.15, 0.2) is 24.3 Å². The summed E-state index contributed by atoms with van der Waals surface area (Å²) >= 11 is 0. The maximum atomic E-state index is 9.36. The second kappa shape index (κ2) is 6.48. The monoisotopic (exact) mass is 226 g/mol. The molecule has 4 nitrogen and oxygen atoms in total. The zero-order chi connectivity index (χ0) is 12.0. The van der Waals surface area contributed by atoms with Gasteiger partial charge in [-0.3, -0.25) is 0 Å². The van der Waals surface area contributed by atoms with Gasteiger partial charge in [0.05, 0.1) is 12.7 Å². The lowest BCUT2D eigenvalue weighted by Crippen LogP contribution is -2.22. The molecule has 1 aromatic carbocycles. The van der Waals surface area contributed by atoms with Crippen LogP contribution in [0.5, 0.6) is 5.75 Å². The molecule has 0 amide bonds. The van der Waals surface area contributed by atoms with Crippen molar-refractivity contribution in [1.82, 2.24) is 0 Å². The second-order valence-corrected chi connectivity index (χ2v) is 3.67. The molecule has 0 bridgehead atoms. The largest absolute Gasteiger partial charge is 0.491 e. The Morgan fingerprint density at radius 3 is 2.25 bits per heavy atom. The molecule has 0 fully saturated rings. The predicted octanol–water partition coefficient (Wildman–Crippen LogP) is 1.13. The number of ether oxygens (including phenoxy) is 2. The van der Waals surface area contributed by atoms with Crippen LogP contribution in [0.25, 0.3) is 0 Å². The third kappa shape index (κ3) is 4.18. The van der Waals surface area contributed by atoms with E-state index in [-0.39, 0.29) is 13.2 Å². The van der Waals surface area contributed by atoms with Crippen LogP contribution in [0.2, 0.25) is 0 Å². The van der Waals surface area contributed by atoms with E-state index in [1.165, 1.54) is 7.11 Å². The van der Waals surface area contributed by atoms with E-state index in [0.29, 0.717) is 5.75 Å². The van der Waals surface area contributed by atoms with Crippen LogP contribution in [0.3, 0.4) is 0 Å². The number of hydrogen-bond acceptors (Lipinski definition) is 4. The number of aliphatic hydroxyl groups excluding tert-OH is 2. The lowest BCUT2D eigenvalue weighted by Gasteiger charge is -2.12. The number of methoxy groups -OCH3 is 1. The van der Waals surface area contributed by atoms with Crippen molar-refractivity contribution in [2.75, 3.05) is 20.3 Å². The van der Waals surface area contributed by atoms with Gasteiger partial charge in [-0.15, -0.1) is 0 Å². The van der Waals surface area contributed by atoms with Gasteiger partial charge in [-0.25, -0.2) is 0 Å².